The van der Waals surface area contributed by atoms with Gasteiger partial charge in [-0.2, -0.15) is 0 Å². The summed E-state index contributed by atoms with van der Waals surface area (Å²) < 4.78 is 30.8. The molecule has 0 fully saturated rings. The van der Waals surface area contributed by atoms with Crippen LogP contribution in [-0.2, 0) is 9.53 Å². The number of rotatable bonds is 14. The molecule has 0 atom stereocenters. The number of amides is 2. The van der Waals surface area contributed by atoms with Gasteiger partial charge in [0.15, 0.2) is 11.6 Å². The molecule has 9 nitrogen and oxygen atoms in total. The third kappa shape index (κ3) is 7.82. The lowest BCUT2D eigenvalue weighted by atomic mass is 10.1. The number of ether oxygens (including phenoxy) is 3. The molecular weight excluding hydrogens is 443 g/mol. The highest BCUT2D eigenvalue weighted by atomic mass is 19.1. The predicted octanol–water partition coefficient (Wildman–Crippen LogP) is 2.36. The van der Waals surface area contributed by atoms with Gasteiger partial charge in [-0.1, -0.05) is 6.07 Å². The maximum Gasteiger partial charge on any atom is 0.252 e. The first-order chi connectivity index (χ1) is 16.4. The van der Waals surface area contributed by atoms with Gasteiger partial charge in [0, 0.05) is 37.5 Å². The molecule has 0 spiro atoms. The van der Waals surface area contributed by atoms with E-state index in [1.165, 1.54) is 36.5 Å². The zero-order valence-corrected chi connectivity index (χ0v) is 18.9. The third-order valence-corrected chi connectivity index (χ3v) is 4.68. The Bertz CT molecular complexity index is 1040. The summed E-state index contributed by atoms with van der Waals surface area (Å²) in [6, 6.07) is 8.63. The molecular formula is C24H29FN4O5. The molecule has 0 saturated carbocycles. The minimum Gasteiger partial charge on any atom is -0.493 e. The number of methoxy groups -OCH3 is 1. The molecule has 182 valence electrons. The van der Waals surface area contributed by atoms with Gasteiger partial charge in [-0.25, -0.2) is 4.39 Å². The van der Waals surface area contributed by atoms with Crippen LogP contribution in [0.5, 0.6) is 17.2 Å². The van der Waals surface area contributed by atoms with Crippen LogP contribution in [0.25, 0.3) is 5.70 Å². The average molecular weight is 473 g/mol. The second-order valence-electron chi connectivity index (χ2n) is 7.11. The quantitative estimate of drug-likeness (QED) is 0.218. The second kappa shape index (κ2) is 13.5. The molecule has 0 saturated heterocycles. The summed E-state index contributed by atoms with van der Waals surface area (Å²) in [5, 5.41) is 0. The number of primary amides is 1. The van der Waals surface area contributed by atoms with E-state index in [1.54, 1.807) is 30.2 Å². The normalized spacial score (nSPS) is 11.4. The summed E-state index contributed by atoms with van der Waals surface area (Å²) >= 11 is 0. The maximum absolute atomic E-state index is 14.7. The summed E-state index contributed by atoms with van der Waals surface area (Å²) in [7, 11) is 1.56. The number of allylic oxidation sites excluding steroid dienone is 2. The van der Waals surface area contributed by atoms with Crippen LogP contribution in [0.3, 0.4) is 0 Å². The van der Waals surface area contributed by atoms with E-state index in [0.717, 1.165) is 6.41 Å². The summed E-state index contributed by atoms with van der Waals surface area (Å²) in [5.74, 6) is -1.20. The molecule has 10 heteroatoms. The minimum absolute atomic E-state index is 0.0515. The zero-order valence-electron chi connectivity index (χ0n) is 18.9. The molecule has 0 unspecified atom stereocenters. The summed E-state index contributed by atoms with van der Waals surface area (Å²) in [5.41, 5.74) is 17.7. The van der Waals surface area contributed by atoms with Crippen LogP contribution in [0.2, 0.25) is 0 Å². The van der Waals surface area contributed by atoms with Crippen molar-refractivity contribution in [1.82, 2.24) is 4.90 Å². The van der Waals surface area contributed by atoms with Crippen molar-refractivity contribution in [3.05, 3.63) is 71.7 Å². The molecule has 0 aliphatic rings. The Balaban J connectivity index is 2.08. The fraction of sp³-hybridized carbons (Fsp3) is 0.250. The lowest BCUT2D eigenvalue weighted by molar-refractivity contribution is -0.118. The van der Waals surface area contributed by atoms with Gasteiger partial charge in [0.25, 0.3) is 5.91 Å². The number of hydrogen-bond donors (Lipinski definition) is 3. The van der Waals surface area contributed by atoms with E-state index in [1.807, 2.05) is 0 Å². The zero-order chi connectivity index (χ0) is 24.9. The number of hydrogen-bond acceptors (Lipinski definition) is 7. The fourth-order valence-corrected chi connectivity index (χ4v) is 2.90. The van der Waals surface area contributed by atoms with Crippen molar-refractivity contribution in [3.63, 3.8) is 0 Å². The van der Waals surface area contributed by atoms with Gasteiger partial charge in [0.2, 0.25) is 6.41 Å². The number of carbonyl (C=O) groups excluding carboxylic acids is 2. The lowest BCUT2D eigenvalue weighted by Gasteiger charge is -2.17. The first-order valence-electron chi connectivity index (χ1n) is 10.5. The number of benzene rings is 2. The molecule has 2 amide bonds. The topological polar surface area (TPSA) is 143 Å². The Morgan fingerprint density at radius 1 is 1.09 bits per heavy atom. The second-order valence-corrected chi connectivity index (χ2v) is 7.11. The molecule has 0 heterocycles. The van der Waals surface area contributed by atoms with E-state index >= 15 is 0 Å². The fourth-order valence-electron chi connectivity index (χ4n) is 2.90. The Hall–Kier alpha value is -4.05. The highest BCUT2D eigenvalue weighted by Crippen LogP contribution is 2.31. The standard InChI is InChI=1S/C24H29FN4O5/c1-32-13-11-29(16-30)10-3-12-33-18-6-8-22(20(25)15-18)34-23-14-17(21(27)4-2-9-26)5-7-19(23)24(28)31/h2,4-9,14-16H,3,10-13,26-27H2,1H3,(H2,28,31)/b9-2-,21-4-. The van der Waals surface area contributed by atoms with Crippen LogP contribution < -0.4 is 26.7 Å². The number of carbonyl (C=O) groups is 2. The molecule has 0 bridgehead atoms. The molecule has 0 aliphatic carbocycles. The van der Waals surface area contributed by atoms with Gasteiger partial charge in [-0.05, 0) is 49.0 Å². The molecule has 2 aromatic carbocycles. The van der Waals surface area contributed by atoms with E-state index < -0.39 is 11.7 Å². The molecule has 34 heavy (non-hydrogen) atoms. The number of nitrogens with two attached hydrogens (primary N) is 3. The molecule has 2 aromatic rings. The summed E-state index contributed by atoms with van der Waals surface area (Å²) in [4.78, 5) is 24.4. The summed E-state index contributed by atoms with van der Waals surface area (Å²) in [6.45, 7) is 1.70. The first kappa shape index (κ1) is 26.2. The van der Waals surface area contributed by atoms with Crippen molar-refractivity contribution in [1.29, 1.82) is 0 Å². The van der Waals surface area contributed by atoms with Crippen LogP contribution in [0.1, 0.15) is 22.3 Å². The van der Waals surface area contributed by atoms with E-state index in [4.69, 9.17) is 31.4 Å². The third-order valence-electron chi connectivity index (χ3n) is 4.68. The first-order valence-corrected chi connectivity index (χ1v) is 10.5. The van der Waals surface area contributed by atoms with Crippen molar-refractivity contribution in [2.75, 3.05) is 33.4 Å². The molecule has 0 aromatic heterocycles. The van der Waals surface area contributed by atoms with Crippen LogP contribution in [0.4, 0.5) is 4.39 Å². The Morgan fingerprint density at radius 2 is 1.88 bits per heavy atom. The van der Waals surface area contributed by atoms with Crippen molar-refractivity contribution in [2.24, 2.45) is 17.2 Å². The van der Waals surface area contributed by atoms with Crippen LogP contribution in [0, 0.1) is 5.82 Å². The SMILES string of the molecule is COCCN(C=O)CCCOc1ccc(Oc2cc(/C(N)=C/C=C\N)ccc2C(N)=O)c(F)c1. The van der Waals surface area contributed by atoms with Gasteiger partial charge in [-0.3, -0.25) is 9.59 Å². The largest absolute Gasteiger partial charge is 0.493 e. The van der Waals surface area contributed by atoms with E-state index in [2.05, 4.69) is 0 Å². The van der Waals surface area contributed by atoms with E-state index in [0.29, 0.717) is 43.1 Å². The maximum atomic E-state index is 14.7. The lowest BCUT2D eigenvalue weighted by Crippen LogP contribution is -2.27. The van der Waals surface area contributed by atoms with Crippen molar-refractivity contribution in [3.8, 4) is 17.2 Å². The Labute approximate surface area is 197 Å². The Kier molecular flexibility index (Phi) is 10.4. The van der Waals surface area contributed by atoms with Gasteiger partial charge >= 0.3 is 0 Å². The van der Waals surface area contributed by atoms with E-state index in [-0.39, 0.29) is 23.7 Å². The molecule has 0 aliphatic heterocycles. The molecule has 0 radical (unpaired) electrons. The monoisotopic (exact) mass is 472 g/mol. The minimum atomic E-state index is -0.735. The average Bonchev–Trinajstić information content (AvgIpc) is 2.83. The van der Waals surface area contributed by atoms with Crippen molar-refractivity contribution >= 4 is 18.0 Å². The summed E-state index contributed by atoms with van der Waals surface area (Å²) in [6.07, 6.45) is 5.75. The van der Waals surface area contributed by atoms with E-state index in [9.17, 15) is 14.0 Å². The van der Waals surface area contributed by atoms with Crippen LogP contribution in [-0.4, -0.2) is 50.6 Å². The van der Waals surface area contributed by atoms with Crippen molar-refractivity contribution in [2.45, 2.75) is 6.42 Å². The Morgan fingerprint density at radius 3 is 2.53 bits per heavy atom. The highest BCUT2D eigenvalue weighted by Gasteiger charge is 2.15. The molecule has 6 N–H and O–H groups in total. The highest BCUT2D eigenvalue weighted by molar-refractivity contribution is 5.96. The smallest absolute Gasteiger partial charge is 0.252 e. The van der Waals surface area contributed by atoms with Crippen LogP contribution in [0.15, 0.2) is 54.8 Å². The number of nitrogens with zero attached hydrogens (tertiary/aromatic N) is 1. The van der Waals surface area contributed by atoms with Gasteiger partial charge in [-0.15, -0.1) is 0 Å². The van der Waals surface area contributed by atoms with Gasteiger partial charge < -0.3 is 36.3 Å². The molecule has 2 rings (SSSR count). The van der Waals surface area contributed by atoms with Gasteiger partial charge in [0.05, 0.1) is 18.8 Å². The predicted molar refractivity (Wildman–Crippen MR) is 127 cm³/mol. The van der Waals surface area contributed by atoms with Crippen LogP contribution >= 0.6 is 0 Å². The van der Waals surface area contributed by atoms with Gasteiger partial charge in [0.1, 0.15) is 11.5 Å². The number of halogens is 1. The van der Waals surface area contributed by atoms with Crippen molar-refractivity contribution < 1.29 is 28.2 Å².